The fourth-order valence-corrected chi connectivity index (χ4v) is 2.97. The molecule has 54 valence electrons. The first-order valence-corrected chi connectivity index (χ1v) is 4.54. The van der Waals surface area contributed by atoms with Crippen molar-refractivity contribution in [3.8, 4) is 0 Å². The van der Waals surface area contributed by atoms with Gasteiger partial charge in [-0.05, 0) is 12.8 Å². The van der Waals surface area contributed by atoms with Gasteiger partial charge in [-0.3, -0.25) is 0 Å². The lowest BCUT2D eigenvalue weighted by Crippen LogP contribution is -2.32. The van der Waals surface area contributed by atoms with E-state index in [1.165, 1.54) is 12.8 Å². The molecule has 0 bridgehead atoms. The average molecular weight is 145 g/mol. The first kappa shape index (κ1) is 7.42. The zero-order valence-electron chi connectivity index (χ0n) is 6.13. The van der Waals surface area contributed by atoms with Gasteiger partial charge >= 0.3 is 0 Å². The van der Waals surface area contributed by atoms with Crippen LogP contribution >= 0.6 is 11.8 Å². The summed E-state index contributed by atoms with van der Waals surface area (Å²) in [7, 11) is 0. The zero-order chi connectivity index (χ0) is 6.85. The van der Waals surface area contributed by atoms with E-state index in [-0.39, 0.29) is 0 Å². The Bertz CT molecular complexity index is 69.9. The first-order valence-electron chi connectivity index (χ1n) is 3.59. The maximum atomic E-state index is 5.80. The Balaban J connectivity index is 2.34. The van der Waals surface area contributed by atoms with Crippen molar-refractivity contribution in [2.75, 3.05) is 0 Å². The van der Waals surface area contributed by atoms with Crippen LogP contribution in [0, 0.1) is 0 Å². The lowest BCUT2D eigenvalue weighted by molar-refractivity contribution is 0.543. The fraction of sp³-hybridized carbons (Fsp3) is 1.00. The summed E-state index contributed by atoms with van der Waals surface area (Å²) in [5, 5.41) is 1.56. The van der Waals surface area contributed by atoms with Crippen LogP contribution in [0.2, 0.25) is 0 Å². The first-order chi connectivity index (χ1) is 4.18. The van der Waals surface area contributed by atoms with E-state index in [1.807, 2.05) is 0 Å². The molecule has 0 spiro atoms. The number of hydrogen-bond donors (Lipinski definition) is 1. The minimum absolute atomic E-state index is 0.469. The Morgan fingerprint density at radius 3 is 2.00 bits per heavy atom. The van der Waals surface area contributed by atoms with E-state index in [0.717, 1.165) is 10.5 Å². The van der Waals surface area contributed by atoms with Crippen LogP contribution in [0.5, 0.6) is 0 Å². The molecule has 9 heavy (non-hydrogen) atoms. The van der Waals surface area contributed by atoms with E-state index in [0.29, 0.717) is 6.04 Å². The highest BCUT2D eigenvalue weighted by atomic mass is 32.2. The van der Waals surface area contributed by atoms with Crippen LogP contribution in [0.25, 0.3) is 0 Å². The molecule has 1 aliphatic rings. The third-order valence-corrected chi connectivity index (χ3v) is 3.05. The molecular weight excluding hydrogens is 130 g/mol. The maximum Gasteiger partial charge on any atom is 0.00597 e. The summed E-state index contributed by atoms with van der Waals surface area (Å²) in [6.07, 6.45) is 2.41. The normalized spacial score (nSPS) is 45.0. The van der Waals surface area contributed by atoms with Gasteiger partial charge in [0.2, 0.25) is 0 Å². The van der Waals surface area contributed by atoms with Gasteiger partial charge < -0.3 is 5.73 Å². The third kappa shape index (κ3) is 2.18. The summed E-state index contributed by atoms with van der Waals surface area (Å²) in [6, 6.07) is 0.469. The molecule has 2 atom stereocenters. The van der Waals surface area contributed by atoms with Gasteiger partial charge in [-0.25, -0.2) is 0 Å². The summed E-state index contributed by atoms with van der Waals surface area (Å²) in [4.78, 5) is 0. The van der Waals surface area contributed by atoms with E-state index in [1.54, 1.807) is 0 Å². The SMILES string of the molecule is CC1CC(N)CC(C)S1. The van der Waals surface area contributed by atoms with Crippen molar-refractivity contribution in [3.63, 3.8) is 0 Å². The second-order valence-electron chi connectivity index (χ2n) is 2.99. The van der Waals surface area contributed by atoms with Crippen LogP contribution in [0.1, 0.15) is 26.7 Å². The molecule has 0 aliphatic carbocycles. The summed E-state index contributed by atoms with van der Waals surface area (Å²) in [5.74, 6) is 0. The lowest BCUT2D eigenvalue weighted by Gasteiger charge is -2.28. The molecule has 0 amide bonds. The molecule has 1 fully saturated rings. The van der Waals surface area contributed by atoms with Crippen LogP contribution in [0.3, 0.4) is 0 Å². The van der Waals surface area contributed by atoms with Crippen molar-refractivity contribution in [1.82, 2.24) is 0 Å². The molecule has 2 heteroatoms. The molecular formula is C7H15NS. The molecule has 1 rings (SSSR count). The van der Waals surface area contributed by atoms with Gasteiger partial charge in [-0.1, -0.05) is 13.8 Å². The number of hydrogen-bond acceptors (Lipinski definition) is 2. The van der Waals surface area contributed by atoms with Crippen LogP contribution in [0.15, 0.2) is 0 Å². The Morgan fingerprint density at radius 2 is 1.67 bits per heavy atom. The van der Waals surface area contributed by atoms with Gasteiger partial charge in [0.05, 0.1) is 0 Å². The smallest absolute Gasteiger partial charge is 0.00597 e. The van der Waals surface area contributed by atoms with E-state index >= 15 is 0 Å². The standard InChI is InChI=1S/C7H15NS/c1-5-3-7(8)4-6(2)9-5/h5-7H,3-4,8H2,1-2H3. The van der Waals surface area contributed by atoms with Crippen LogP contribution in [-0.4, -0.2) is 16.5 Å². The van der Waals surface area contributed by atoms with E-state index in [2.05, 4.69) is 25.6 Å². The van der Waals surface area contributed by atoms with Crippen molar-refractivity contribution in [3.05, 3.63) is 0 Å². The summed E-state index contributed by atoms with van der Waals surface area (Å²) in [5.41, 5.74) is 5.80. The van der Waals surface area contributed by atoms with Gasteiger partial charge in [0.15, 0.2) is 0 Å². The Kier molecular flexibility index (Phi) is 2.42. The Hall–Kier alpha value is 0.310. The number of thioether (sulfide) groups is 1. The van der Waals surface area contributed by atoms with Crippen molar-refractivity contribution >= 4 is 11.8 Å². The molecule has 0 aromatic carbocycles. The highest BCUT2D eigenvalue weighted by Crippen LogP contribution is 2.29. The summed E-state index contributed by atoms with van der Waals surface area (Å²) >= 11 is 2.06. The van der Waals surface area contributed by atoms with Crippen molar-refractivity contribution < 1.29 is 0 Å². The third-order valence-electron chi connectivity index (χ3n) is 1.73. The predicted molar refractivity (Wildman–Crippen MR) is 43.7 cm³/mol. The fourth-order valence-electron chi connectivity index (χ4n) is 1.46. The van der Waals surface area contributed by atoms with Gasteiger partial charge in [0, 0.05) is 16.5 Å². The quantitative estimate of drug-likeness (QED) is 0.560. The zero-order valence-corrected chi connectivity index (χ0v) is 6.95. The van der Waals surface area contributed by atoms with E-state index in [4.69, 9.17) is 5.73 Å². The summed E-state index contributed by atoms with van der Waals surface area (Å²) < 4.78 is 0. The molecule has 2 N–H and O–H groups in total. The average Bonchev–Trinajstić information content (AvgIpc) is 1.59. The molecule has 0 saturated carbocycles. The Morgan fingerprint density at radius 1 is 1.22 bits per heavy atom. The van der Waals surface area contributed by atoms with Gasteiger partial charge in [0.25, 0.3) is 0 Å². The molecule has 0 aromatic rings. The van der Waals surface area contributed by atoms with Gasteiger partial charge in [-0.2, -0.15) is 11.8 Å². The van der Waals surface area contributed by atoms with Gasteiger partial charge in [0.1, 0.15) is 0 Å². The molecule has 1 aliphatic heterocycles. The van der Waals surface area contributed by atoms with Crippen molar-refractivity contribution in [2.45, 2.75) is 43.2 Å². The molecule has 0 aromatic heterocycles. The van der Waals surface area contributed by atoms with Crippen LogP contribution in [-0.2, 0) is 0 Å². The second-order valence-corrected chi connectivity index (χ2v) is 4.87. The topological polar surface area (TPSA) is 26.0 Å². The van der Waals surface area contributed by atoms with Crippen LogP contribution < -0.4 is 5.73 Å². The molecule has 1 heterocycles. The lowest BCUT2D eigenvalue weighted by atomic mass is 10.1. The number of nitrogens with two attached hydrogens (primary N) is 1. The van der Waals surface area contributed by atoms with Crippen molar-refractivity contribution in [1.29, 1.82) is 0 Å². The Labute approximate surface area is 61.4 Å². The molecule has 2 unspecified atom stereocenters. The molecule has 1 saturated heterocycles. The van der Waals surface area contributed by atoms with E-state index < -0.39 is 0 Å². The predicted octanol–water partition coefficient (Wildman–Crippen LogP) is 1.62. The largest absolute Gasteiger partial charge is 0.328 e. The molecule has 1 nitrogen and oxygen atoms in total. The van der Waals surface area contributed by atoms with Gasteiger partial charge in [-0.15, -0.1) is 0 Å². The minimum atomic E-state index is 0.469. The summed E-state index contributed by atoms with van der Waals surface area (Å²) in [6.45, 7) is 4.53. The monoisotopic (exact) mass is 145 g/mol. The van der Waals surface area contributed by atoms with Crippen molar-refractivity contribution in [2.24, 2.45) is 5.73 Å². The van der Waals surface area contributed by atoms with Crippen LogP contribution in [0.4, 0.5) is 0 Å². The molecule has 0 radical (unpaired) electrons. The highest BCUT2D eigenvalue weighted by Gasteiger charge is 2.20. The van der Waals surface area contributed by atoms with E-state index in [9.17, 15) is 0 Å². The maximum absolute atomic E-state index is 5.80. The highest BCUT2D eigenvalue weighted by molar-refractivity contribution is 8.00. The second kappa shape index (κ2) is 2.93. The number of rotatable bonds is 0. The minimum Gasteiger partial charge on any atom is -0.328 e.